The lowest BCUT2D eigenvalue weighted by atomic mass is 9.97. The molecule has 1 saturated heterocycles. The highest BCUT2D eigenvalue weighted by molar-refractivity contribution is 9.10. The van der Waals surface area contributed by atoms with Gasteiger partial charge in [-0.1, -0.05) is 41.9 Å². The van der Waals surface area contributed by atoms with Crippen LogP contribution in [0.25, 0.3) is 0 Å². The first-order valence-corrected chi connectivity index (χ1v) is 11.3. The fourth-order valence-corrected chi connectivity index (χ4v) is 4.34. The van der Waals surface area contributed by atoms with Crippen molar-refractivity contribution < 1.29 is 13.8 Å². The Morgan fingerprint density at radius 1 is 1.31 bits per heavy atom. The second-order valence-electron chi connectivity index (χ2n) is 7.10. The monoisotopic (exact) mass is 442 g/mol. The van der Waals surface area contributed by atoms with Crippen LogP contribution in [0, 0.1) is 11.8 Å². The molecule has 0 bridgehead atoms. The van der Waals surface area contributed by atoms with Crippen LogP contribution in [0.4, 0.5) is 0 Å². The molecule has 1 fully saturated rings. The maximum atomic E-state index is 12.5. The van der Waals surface area contributed by atoms with Crippen molar-refractivity contribution in [3.8, 4) is 0 Å². The van der Waals surface area contributed by atoms with E-state index < -0.39 is 10.8 Å². The van der Waals surface area contributed by atoms with Crippen LogP contribution in [0.2, 0.25) is 0 Å². The summed E-state index contributed by atoms with van der Waals surface area (Å²) in [7, 11) is -1.21. The van der Waals surface area contributed by atoms with Crippen molar-refractivity contribution in [1.82, 2.24) is 10.2 Å². The third kappa shape index (κ3) is 6.83. The summed E-state index contributed by atoms with van der Waals surface area (Å²) in [5, 5.41) is 2.95. The van der Waals surface area contributed by atoms with Gasteiger partial charge in [-0.25, -0.2) is 0 Å². The smallest absolute Gasteiger partial charge is 0.235 e. The van der Waals surface area contributed by atoms with Crippen LogP contribution in [-0.2, 0) is 26.1 Å². The molecular formula is C19H27BrN2O3S. The van der Waals surface area contributed by atoms with Crippen LogP contribution >= 0.6 is 15.9 Å². The molecular weight excluding hydrogens is 416 g/mol. The lowest BCUT2D eigenvalue weighted by Gasteiger charge is -2.33. The van der Waals surface area contributed by atoms with Gasteiger partial charge in [-0.15, -0.1) is 0 Å². The molecule has 5 nitrogen and oxygen atoms in total. The summed E-state index contributed by atoms with van der Waals surface area (Å²) in [6.07, 6.45) is 1.93. The van der Waals surface area contributed by atoms with Gasteiger partial charge in [0.2, 0.25) is 11.8 Å². The van der Waals surface area contributed by atoms with Crippen molar-refractivity contribution in [2.24, 2.45) is 11.8 Å². The van der Waals surface area contributed by atoms with E-state index in [1.165, 1.54) is 0 Å². The largest absolute Gasteiger partial charge is 0.356 e. The highest BCUT2D eigenvalue weighted by atomic mass is 79.9. The number of benzene rings is 1. The number of halogens is 1. The van der Waals surface area contributed by atoms with E-state index in [0.29, 0.717) is 25.4 Å². The Morgan fingerprint density at radius 2 is 2.00 bits per heavy atom. The van der Waals surface area contributed by atoms with Gasteiger partial charge in [0, 0.05) is 46.6 Å². The van der Waals surface area contributed by atoms with E-state index in [9.17, 15) is 13.8 Å². The first kappa shape index (κ1) is 21.1. The Morgan fingerprint density at radius 3 is 2.65 bits per heavy atom. The summed E-state index contributed by atoms with van der Waals surface area (Å²) in [6.45, 7) is 5.68. The molecule has 0 aliphatic carbocycles. The molecule has 0 spiro atoms. The van der Waals surface area contributed by atoms with Crippen LogP contribution < -0.4 is 5.32 Å². The SMILES string of the molecule is CC(C)C(=O)NC[C@@H]1CCCN(C(=O)C[S@@](=O)Cc2ccc(Br)cc2)C1. The fraction of sp³-hybridized carbons (Fsp3) is 0.579. The zero-order valence-corrected chi connectivity index (χ0v) is 17.8. The third-order valence-electron chi connectivity index (χ3n) is 4.49. The molecule has 26 heavy (non-hydrogen) atoms. The van der Waals surface area contributed by atoms with Crippen molar-refractivity contribution >= 4 is 38.5 Å². The topological polar surface area (TPSA) is 66.5 Å². The van der Waals surface area contributed by atoms with Crippen molar-refractivity contribution in [2.75, 3.05) is 25.4 Å². The zero-order valence-electron chi connectivity index (χ0n) is 15.4. The predicted molar refractivity (Wildman–Crippen MR) is 108 cm³/mol. The molecule has 0 radical (unpaired) electrons. The maximum Gasteiger partial charge on any atom is 0.235 e. The van der Waals surface area contributed by atoms with Gasteiger partial charge in [0.25, 0.3) is 0 Å². The van der Waals surface area contributed by atoms with Gasteiger partial charge in [-0.2, -0.15) is 0 Å². The predicted octanol–water partition coefficient (Wildman–Crippen LogP) is 2.71. The van der Waals surface area contributed by atoms with Crippen LogP contribution in [0.15, 0.2) is 28.7 Å². The van der Waals surface area contributed by atoms with Gasteiger partial charge < -0.3 is 10.2 Å². The summed E-state index contributed by atoms with van der Waals surface area (Å²) in [5.41, 5.74) is 0.965. The van der Waals surface area contributed by atoms with Crippen molar-refractivity contribution in [3.05, 3.63) is 34.3 Å². The first-order chi connectivity index (χ1) is 12.3. The first-order valence-electron chi connectivity index (χ1n) is 9.00. The Labute approximate surface area is 166 Å². The molecule has 7 heteroatoms. The Balaban J connectivity index is 1.79. The van der Waals surface area contributed by atoms with Gasteiger partial charge >= 0.3 is 0 Å². The number of likely N-dealkylation sites (tertiary alicyclic amines) is 1. The van der Waals surface area contributed by atoms with Crippen LogP contribution in [0.5, 0.6) is 0 Å². The van der Waals surface area contributed by atoms with Crippen LogP contribution in [0.3, 0.4) is 0 Å². The van der Waals surface area contributed by atoms with Crippen molar-refractivity contribution in [2.45, 2.75) is 32.4 Å². The van der Waals surface area contributed by atoms with Crippen molar-refractivity contribution in [1.29, 1.82) is 0 Å². The van der Waals surface area contributed by atoms with Gasteiger partial charge in [0.05, 0.1) is 0 Å². The quantitative estimate of drug-likeness (QED) is 0.705. The van der Waals surface area contributed by atoms with Gasteiger partial charge in [0.1, 0.15) is 5.75 Å². The molecule has 1 aromatic carbocycles. The average molecular weight is 443 g/mol. The molecule has 1 aliphatic heterocycles. The minimum absolute atomic E-state index is 0.0302. The Kier molecular flexibility index (Phi) is 8.28. The Bertz CT molecular complexity index is 649. The van der Waals surface area contributed by atoms with Crippen LogP contribution in [0.1, 0.15) is 32.3 Å². The molecule has 1 aliphatic rings. The van der Waals surface area contributed by atoms with Crippen molar-refractivity contribution in [3.63, 3.8) is 0 Å². The number of rotatable bonds is 7. The summed E-state index contributed by atoms with van der Waals surface area (Å²) >= 11 is 3.38. The second kappa shape index (κ2) is 10.2. The number of hydrogen-bond acceptors (Lipinski definition) is 3. The van der Waals surface area contributed by atoms with E-state index in [-0.39, 0.29) is 29.4 Å². The number of carbonyl (C=O) groups excluding carboxylic acids is 2. The van der Waals surface area contributed by atoms with E-state index in [1.807, 2.05) is 38.1 Å². The van der Waals surface area contributed by atoms with Gasteiger partial charge in [0.15, 0.2) is 0 Å². The minimum Gasteiger partial charge on any atom is -0.356 e. The Hall–Kier alpha value is -1.21. The molecule has 1 N–H and O–H groups in total. The molecule has 2 atom stereocenters. The van der Waals surface area contributed by atoms with E-state index in [0.717, 1.165) is 22.9 Å². The normalized spacial score (nSPS) is 18.6. The number of nitrogens with one attached hydrogen (secondary N) is 1. The van der Waals surface area contributed by atoms with Gasteiger partial charge in [-0.05, 0) is 36.5 Å². The second-order valence-corrected chi connectivity index (χ2v) is 9.48. The molecule has 2 amide bonds. The summed E-state index contributed by atoms with van der Waals surface area (Å²) in [6, 6.07) is 7.66. The molecule has 2 rings (SSSR count). The number of amides is 2. The summed E-state index contributed by atoms with van der Waals surface area (Å²) < 4.78 is 13.3. The maximum absolute atomic E-state index is 12.5. The number of piperidine rings is 1. The van der Waals surface area contributed by atoms with Gasteiger partial charge in [-0.3, -0.25) is 13.8 Å². The molecule has 1 aromatic rings. The number of nitrogens with zero attached hydrogens (tertiary/aromatic N) is 1. The third-order valence-corrected chi connectivity index (χ3v) is 6.24. The highest BCUT2D eigenvalue weighted by Gasteiger charge is 2.25. The summed E-state index contributed by atoms with van der Waals surface area (Å²) in [4.78, 5) is 26.0. The van der Waals surface area contributed by atoms with E-state index >= 15 is 0 Å². The van der Waals surface area contributed by atoms with E-state index in [1.54, 1.807) is 4.90 Å². The average Bonchev–Trinajstić information content (AvgIpc) is 2.61. The van der Waals surface area contributed by atoms with E-state index in [2.05, 4.69) is 21.2 Å². The highest BCUT2D eigenvalue weighted by Crippen LogP contribution is 2.17. The number of carbonyl (C=O) groups is 2. The zero-order chi connectivity index (χ0) is 19.1. The van der Waals surface area contributed by atoms with E-state index in [4.69, 9.17) is 0 Å². The standard InChI is InChI=1S/C19H27BrN2O3S/c1-14(2)19(24)21-10-16-4-3-9-22(11-16)18(23)13-26(25)12-15-5-7-17(20)8-6-15/h5-8,14,16H,3-4,9-13H2,1-2H3,(H,21,24)/t16-,26-/m0/s1. The number of hydrogen-bond donors (Lipinski definition) is 1. The lowest BCUT2D eigenvalue weighted by Crippen LogP contribution is -2.45. The van der Waals surface area contributed by atoms with Crippen LogP contribution in [-0.4, -0.2) is 46.3 Å². The lowest BCUT2D eigenvalue weighted by molar-refractivity contribution is -0.130. The molecule has 0 unspecified atom stereocenters. The fourth-order valence-electron chi connectivity index (χ4n) is 2.95. The molecule has 144 valence electrons. The molecule has 1 heterocycles. The summed E-state index contributed by atoms with van der Waals surface area (Å²) in [5.74, 6) is 0.680. The minimum atomic E-state index is -1.21. The molecule has 0 aromatic heterocycles. The molecule has 0 saturated carbocycles.